The largest absolute Gasteiger partial charge is 0.481 e. The maximum atomic E-state index is 12.9. The highest BCUT2D eigenvalue weighted by atomic mass is 16.4. The number of rotatable bonds is 8. The lowest BCUT2D eigenvalue weighted by Crippen LogP contribution is -2.54. The molecule has 4 amide bonds. The third kappa shape index (κ3) is 5.04. The number of hydrogen-bond donors (Lipinski definition) is 3. The molecule has 2 saturated heterocycles. The summed E-state index contributed by atoms with van der Waals surface area (Å²) in [6.07, 6.45) is 0.372. The van der Waals surface area contributed by atoms with Gasteiger partial charge >= 0.3 is 5.97 Å². The Kier molecular flexibility index (Phi) is 6.70. The molecule has 4 rings (SSSR count). The Morgan fingerprint density at radius 3 is 2.33 bits per heavy atom. The number of nitrogens with one attached hydrogen (secondary N) is 2. The number of piperidine rings is 1. The molecule has 3 heterocycles. The summed E-state index contributed by atoms with van der Waals surface area (Å²) in [4.78, 5) is 65.3. The lowest BCUT2D eigenvalue weighted by atomic mass is 10.0. The van der Waals surface area contributed by atoms with Crippen LogP contribution in [0.25, 0.3) is 0 Å². The van der Waals surface area contributed by atoms with E-state index >= 15 is 0 Å². The molecule has 0 radical (unpaired) electrons. The first kappa shape index (κ1) is 22.9. The topological polar surface area (TPSA) is 139 Å². The maximum absolute atomic E-state index is 12.9. The fraction of sp³-hybridized carbons (Fsp3) is 0.500. The zero-order valence-corrected chi connectivity index (χ0v) is 18.2. The van der Waals surface area contributed by atoms with E-state index in [2.05, 4.69) is 20.4 Å². The van der Waals surface area contributed by atoms with Crippen molar-refractivity contribution in [1.82, 2.24) is 20.0 Å². The molecular weight excluding hydrogens is 430 g/mol. The molecule has 0 aliphatic carbocycles. The van der Waals surface area contributed by atoms with Gasteiger partial charge in [-0.1, -0.05) is 0 Å². The summed E-state index contributed by atoms with van der Waals surface area (Å²) in [6, 6.07) is 3.98. The number of imide groups is 2. The normalized spacial score (nSPS) is 21.8. The highest BCUT2D eigenvalue weighted by Gasteiger charge is 2.44. The highest BCUT2D eigenvalue weighted by Crippen LogP contribution is 2.29. The first-order chi connectivity index (χ1) is 15.8. The number of benzene rings is 1. The molecule has 0 saturated carbocycles. The molecule has 3 aliphatic rings. The van der Waals surface area contributed by atoms with Crippen LogP contribution in [0.4, 0.5) is 5.69 Å². The smallest absolute Gasteiger partial charge is 0.304 e. The minimum absolute atomic E-state index is 0.0877. The molecule has 1 aromatic rings. The van der Waals surface area contributed by atoms with Crippen LogP contribution in [-0.4, -0.2) is 101 Å². The monoisotopic (exact) mass is 457 g/mol. The van der Waals surface area contributed by atoms with Crippen molar-refractivity contribution < 1.29 is 29.1 Å². The lowest BCUT2D eigenvalue weighted by Gasteiger charge is -2.34. The average Bonchev–Trinajstić information content (AvgIpc) is 3.03. The minimum atomic E-state index is -0.972. The van der Waals surface area contributed by atoms with Gasteiger partial charge in [0.05, 0.1) is 17.5 Å². The summed E-state index contributed by atoms with van der Waals surface area (Å²) >= 11 is 0. The number of amides is 4. The Morgan fingerprint density at radius 2 is 1.67 bits per heavy atom. The van der Waals surface area contributed by atoms with Crippen LogP contribution < -0.4 is 10.6 Å². The van der Waals surface area contributed by atoms with Crippen molar-refractivity contribution in [2.45, 2.75) is 25.3 Å². The highest BCUT2D eigenvalue weighted by molar-refractivity contribution is 6.23. The van der Waals surface area contributed by atoms with Gasteiger partial charge in [0.25, 0.3) is 11.8 Å². The van der Waals surface area contributed by atoms with E-state index in [1.165, 1.54) is 0 Å². The van der Waals surface area contributed by atoms with Crippen molar-refractivity contribution in [3.05, 3.63) is 29.3 Å². The van der Waals surface area contributed by atoms with Gasteiger partial charge in [0.2, 0.25) is 11.8 Å². The molecule has 0 aromatic heterocycles. The van der Waals surface area contributed by atoms with Gasteiger partial charge in [0, 0.05) is 57.9 Å². The van der Waals surface area contributed by atoms with Crippen molar-refractivity contribution in [3.8, 4) is 0 Å². The van der Waals surface area contributed by atoms with E-state index in [0.29, 0.717) is 18.8 Å². The number of hydrogen-bond acceptors (Lipinski definition) is 8. The van der Waals surface area contributed by atoms with E-state index in [9.17, 15) is 24.0 Å². The molecule has 1 atom stereocenters. The number of carbonyl (C=O) groups excluding carboxylic acids is 4. The molecule has 1 unspecified atom stereocenters. The SMILES string of the molecule is O=C(O)CCN1CCN(CCNc2ccc3c(c2)C(=O)N(C2CCC(=O)NC2=O)C3=O)CC1. The van der Waals surface area contributed by atoms with Crippen molar-refractivity contribution in [1.29, 1.82) is 0 Å². The van der Waals surface area contributed by atoms with E-state index in [-0.39, 0.29) is 30.4 Å². The van der Waals surface area contributed by atoms with Crippen LogP contribution in [0, 0.1) is 0 Å². The van der Waals surface area contributed by atoms with Crippen LogP contribution in [0.2, 0.25) is 0 Å². The number of anilines is 1. The fourth-order valence-corrected chi connectivity index (χ4v) is 4.43. The van der Waals surface area contributed by atoms with Crippen molar-refractivity contribution >= 4 is 35.3 Å². The number of carboxylic acids is 1. The average molecular weight is 457 g/mol. The molecule has 3 aliphatic heterocycles. The zero-order chi connectivity index (χ0) is 23.5. The van der Waals surface area contributed by atoms with Gasteiger partial charge in [0.1, 0.15) is 6.04 Å². The third-order valence-electron chi connectivity index (χ3n) is 6.30. The van der Waals surface area contributed by atoms with Crippen LogP contribution in [0.1, 0.15) is 40.0 Å². The number of aliphatic carboxylic acids is 1. The number of piperazine rings is 1. The molecular formula is C22H27N5O6. The second-order valence-corrected chi connectivity index (χ2v) is 8.46. The number of nitrogens with zero attached hydrogens (tertiary/aromatic N) is 3. The molecule has 33 heavy (non-hydrogen) atoms. The van der Waals surface area contributed by atoms with Gasteiger partial charge in [-0.15, -0.1) is 0 Å². The van der Waals surface area contributed by atoms with Gasteiger partial charge in [-0.05, 0) is 24.6 Å². The second-order valence-electron chi connectivity index (χ2n) is 8.46. The first-order valence-electron chi connectivity index (χ1n) is 11.1. The van der Waals surface area contributed by atoms with Crippen LogP contribution in [0.3, 0.4) is 0 Å². The Bertz CT molecular complexity index is 987. The van der Waals surface area contributed by atoms with Gasteiger partial charge in [-0.2, -0.15) is 0 Å². The maximum Gasteiger partial charge on any atom is 0.304 e. The summed E-state index contributed by atoms with van der Waals surface area (Å²) in [6.45, 7) is 5.39. The van der Waals surface area contributed by atoms with E-state index < -0.39 is 35.6 Å². The molecule has 3 N–H and O–H groups in total. The summed E-state index contributed by atoms with van der Waals surface area (Å²) in [5.41, 5.74) is 1.22. The minimum Gasteiger partial charge on any atom is -0.481 e. The van der Waals surface area contributed by atoms with Gasteiger partial charge in [-0.25, -0.2) is 0 Å². The lowest BCUT2D eigenvalue weighted by molar-refractivity contribution is -0.138. The molecule has 1 aromatic carbocycles. The van der Waals surface area contributed by atoms with Crippen molar-refractivity contribution in [3.63, 3.8) is 0 Å². The van der Waals surface area contributed by atoms with Crippen LogP contribution in [-0.2, 0) is 14.4 Å². The zero-order valence-electron chi connectivity index (χ0n) is 18.2. The molecule has 11 nitrogen and oxygen atoms in total. The third-order valence-corrected chi connectivity index (χ3v) is 6.30. The predicted molar refractivity (Wildman–Crippen MR) is 117 cm³/mol. The van der Waals surface area contributed by atoms with Crippen LogP contribution in [0.5, 0.6) is 0 Å². The van der Waals surface area contributed by atoms with Crippen molar-refractivity contribution in [2.75, 3.05) is 51.1 Å². The second kappa shape index (κ2) is 9.67. The Labute approximate surface area is 190 Å². The van der Waals surface area contributed by atoms with Gasteiger partial charge < -0.3 is 15.3 Å². The van der Waals surface area contributed by atoms with E-state index in [4.69, 9.17) is 5.11 Å². The summed E-state index contributed by atoms with van der Waals surface area (Å²) in [5.74, 6) is -2.85. The number of carboxylic acid groups (broad SMARTS) is 1. The predicted octanol–water partition coefficient (Wildman–Crippen LogP) is -0.408. The molecule has 11 heteroatoms. The molecule has 0 spiro atoms. The quantitative estimate of drug-likeness (QED) is 0.445. The Morgan fingerprint density at radius 1 is 1.00 bits per heavy atom. The molecule has 0 bridgehead atoms. The van der Waals surface area contributed by atoms with E-state index in [0.717, 1.165) is 37.6 Å². The van der Waals surface area contributed by atoms with Gasteiger partial charge in [-0.3, -0.25) is 39.1 Å². The van der Waals surface area contributed by atoms with E-state index in [1.54, 1.807) is 18.2 Å². The van der Waals surface area contributed by atoms with Crippen LogP contribution in [0.15, 0.2) is 18.2 Å². The number of carbonyl (C=O) groups is 5. The van der Waals surface area contributed by atoms with Crippen molar-refractivity contribution in [2.24, 2.45) is 0 Å². The summed E-state index contributed by atoms with van der Waals surface area (Å²) in [5, 5.41) is 14.3. The fourth-order valence-electron chi connectivity index (χ4n) is 4.43. The first-order valence-corrected chi connectivity index (χ1v) is 11.1. The summed E-state index contributed by atoms with van der Waals surface area (Å²) in [7, 11) is 0. The Balaban J connectivity index is 1.29. The van der Waals surface area contributed by atoms with Gasteiger partial charge in [0.15, 0.2) is 0 Å². The summed E-state index contributed by atoms with van der Waals surface area (Å²) < 4.78 is 0. The van der Waals surface area contributed by atoms with E-state index in [1.807, 2.05) is 0 Å². The Hall–Kier alpha value is -3.31. The molecule has 176 valence electrons. The molecule has 2 fully saturated rings. The number of fused-ring (bicyclic) bond motifs is 1. The standard InChI is InChI=1S/C22H27N5O6/c28-18-4-3-17(20(31)24-18)27-21(32)15-2-1-14(13-16(15)22(27)33)23-6-8-26-11-9-25(10-12-26)7-5-19(29)30/h1-2,13,17,23H,3-12H2,(H,29,30)(H,24,28,31). The van der Waals surface area contributed by atoms with Crippen LogP contribution >= 0.6 is 0 Å².